The molecule has 0 aliphatic carbocycles. The predicted molar refractivity (Wildman–Crippen MR) is 70.7 cm³/mol. The molecule has 1 N–H and O–H groups in total. The molecule has 19 heavy (non-hydrogen) atoms. The fourth-order valence-electron chi connectivity index (χ4n) is 1.28. The van der Waals surface area contributed by atoms with E-state index in [-0.39, 0.29) is 12.1 Å². The van der Waals surface area contributed by atoms with Crippen LogP contribution in [0, 0.1) is 0 Å². The zero-order chi connectivity index (χ0) is 13.9. The SMILES string of the molecule is CC(C)(C)NC(=O)OCc1cnc(-c2ncco2)s1. The van der Waals surface area contributed by atoms with Gasteiger partial charge >= 0.3 is 6.09 Å². The topological polar surface area (TPSA) is 77.2 Å². The number of nitrogens with zero attached hydrogens (tertiary/aromatic N) is 2. The van der Waals surface area contributed by atoms with Crippen LogP contribution in [0.1, 0.15) is 25.6 Å². The summed E-state index contributed by atoms with van der Waals surface area (Å²) in [4.78, 5) is 20.5. The number of nitrogens with one attached hydrogen (secondary N) is 1. The van der Waals surface area contributed by atoms with E-state index in [2.05, 4.69) is 15.3 Å². The van der Waals surface area contributed by atoms with Gasteiger partial charge in [0.05, 0.1) is 11.1 Å². The van der Waals surface area contributed by atoms with Crippen LogP contribution in [0.15, 0.2) is 23.1 Å². The maximum Gasteiger partial charge on any atom is 0.407 e. The smallest absolute Gasteiger partial charge is 0.407 e. The minimum absolute atomic E-state index is 0.181. The Bertz CT molecular complexity index is 543. The average molecular weight is 281 g/mol. The first-order chi connectivity index (χ1) is 8.94. The molecule has 2 heterocycles. The molecule has 0 spiro atoms. The van der Waals surface area contributed by atoms with Gasteiger partial charge in [0.15, 0.2) is 5.01 Å². The van der Waals surface area contributed by atoms with E-state index in [9.17, 15) is 4.79 Å². The highest BCUT2D eigenvalue weighted by molar-refractivity contribution is 7.14. The van der Waals surface area contributed by atoms with Crippen LogP contribution in [-0.2, 0) is 11.3 Å². The van der Waals surface area contributed by atoms with E-state index >= 15 is 0 Å². The van der Waals surface area contributed by atoms with Crippen LogP contribution in [0.5, 0.6) is 0 Å². The Balaban J connectivity index is 1.89. The van der Waals surface area contributed by atoms with Crippen LogP contribution in [0.4, 0.5) is 4.79 Å². The predicted octanol–water partition coefficient (Wildman–Crippen LogP) is 2.82. The summed E-state index contributed by atoms with van der Waals surface area (Å²) in [5.74, 6) is 0.468. The fourth-order valence-corrected chi connectivity index (χ4v) is 2.05. The highest BCUT2D eigenvalue weighted by Gasteiger charge is 2.15. The number of alkyl carbamates (subject to hydrolysis) is 1. The number of hydrogen-bond donors (Lipinski definition) is 1. The number of carbonyl (C=O) groups is 1. The standard InChI is InChI=1S/C12H15N3O3S/c1-12(2,3)15-11(16)18-7-8-6-14-10(19-8)9-13-4-5-17-9/h4-6H,7H2,1-3H3,(H,15,16). The molecule has 0 saturated carbocycles. The van der Waals surface area contributed by atoms with Crippen LogP contribution in [0.3, 0.4) is 0 Å². The summed E-state index contributed by atoms with van der Waals surface area (Å²) >= 11 is 1.38. The van der Waals surface area contributed by atoms with Crippen LogP contribution >= 0.6 is 11.3 Å². The first-order valence-corrected chi connectivity index (χ1v) is 6.55. The molecular weight excluding hydrogens is 266 g/mol. The molecule has 0 fully saturated rings. The number of rotatable bonds is 3. The van der Waals surface area contributed by atoms with Crippen molar-refractivity contribution in [1.29, 1.82) is 0 Å². The molecule has 0 saturated heterocycles. The van der Waals surface area contributed by atoms with Gasteiger partial charge in [-0.25, -0.2) is 14.8 Å². The van der Waals surface area contributed by atoms with Gasteiger partial charge in [0.2, 0.25) is 0 Å². The van der Waals surface area contributed by atoms with Gasteiger partial charge in [0.1, 0.15) is 12.9 Å². The summed E-state index contributed by atoms with van der Waals surface area (Å²) in [7, 11) is 0. The summed E-state index contributed by atoms with van der Waals surface area (Å²) in [6.45, 7) is 5.85. The van der Waals surface area contributed by atoms with E-state index in [0.29, 0.717) is 10.9 Å². The number of carbonyl (C=O) groups excluding carboxylic acids is 1. The first kappa shape index (κ1) is 13.5. The molecule has 0 atom stereocenters. The minimum Gasteiger partial charge on any atom is -0.444 e. The van der Waals surface area contributed by atoms with E-state index < -0.39 is 6.09 Å². The van der Waals surface area contributed by atoms with Crippen molar-refractivity contribution >= 4 is 17.4 Å². The molecule has 1 amide bonds. The van der Waals surface area contributed by atoms with Crippen LogP contribution in [-0.4, -0.2) is 21.6 Å². The average Bonchev–Trinajstić information content (AvgIpc) is 2.95. The van der Waals surface area contributed by atoms with Crippen molar-refractivity contribution in [3.63, 3.8) is 0 Å². The third kappa shape index (κ3) is 4.06. The quantitative estimate of drug-likeness (QED) is 0.936. The van der Waals surface area contributed by atoms with Gasteiger partial charge in [-0.2, -0.15) is 0 Å². The van der Waals surface area contributed by atoms with Crippen molar-refractivity contribution < 1.29 is 13.9 Å². The number of thiazole rings is 1. The molecule has 0 unspecified atom stereocenters. The Labute approximate surface area is 114 Å². The second kappa shape index (κ2) is 5.40. The second-order valence-electron chi connectivity index (χ2n) is 4.92. The van der Waals surface area contributed by atoms with Gasteiger partial charge in [-0.1, -0.05) is 0 Å². The molecule has 102 valence electrons. The van der Waals surface area contributed by atoms with Crippen LogP contribution in [0.25, 0.3) is 10.9 Å². The molecule has 0 radical (unpaired) electrons. The lowest BCUT2D eigenvalue weighted by atomic mass is 10.1. The monoisotopic (exact) mass is 281 g/mol. The normalized spacial score (nSPS) is 11.3. The van der Waals surface area contributed by atoms with E-state index in [0.717, 1.165) is 4.88 Å². The van der Waals surface area contributed by atoms with Crippen molar-refractivity contribution in [2.45, 2.75) is 32.9 Å². The van der Waals surface area contributed by atoms with E-state index in [1.165, 1.54) is 17.6 Å². The minimum atomic E-state index is -0.446. The zero-order valence-corrected chi connectivity index (χ0v) is 11.8. The lowest BCUT2D eigenvalue weighted by molar-refractivity contribution is 0.132. The molecular formula is C12H15N3O3S. The van der Waals surface area contributed by atoms with Gasteiger partial charge in [0, 0.05) is 11.7 Å². The molecule has 0 aliphatic rings. The molecule has 2 aromatic heterocycles. The van der Waals surface area contributed by atoms with Gasteiger partial charge in [0.25, 0.3) is 5.89 Å². The molecule has 7 heteroatoms. The molecule has 0 aliphatic heterocycles. The van der Waals surface area contributed by atoms with E-state index in [1.54, 1.807) is 12.4 Å². The Morgan fingerprint density at radius 2 is 2.26 bits per heavy atom. The number of hydrogen-bond acceptors (Lipinski definition) is 6. The Morgan fingerprint density at radius 1 is 1.47 bits per heavy atom. The molecule has 6 nitrogen and oxygen atoms in total. The third-order valence-corrected chi connectivity index (χ3v) is 2.95. The van der Waals surface area contributed by atoms with Gasteiger partial charge in [-0.15, -0.1) is 11.3 Å². The highest BCUT2D eigenvalue weighted by atomic mass is 32.1. The summed E-state index contributed by atoms with van der Waals surface area (Å²) in [5, 5.41) is 3.38. The molecule has 2 rings (SSSR count). The second-order valence-corrected chi connectivity index (χ2v) is 6.04. The number of ether oxygens (including phenoxy) is 1. The zero-order valence-electron chi connectivity index (χ0n) is 11.0. The summed E-state index contributed by atoms with van der Waals surface area (Å²) in [6, 6.07) is 0. The Hall–Kier alpha value is -1.89. The summed E-state index contributed by atoms with van der Waals surface area (Å²) in [5.41, 5.74) is -0.311. The number of oxazole rings is 1. The molecule has 2 aromatic rings. The lowest BCUT2D eigenvalue weighted by Gasteiger charge is -2.19. The van der Waals surface area contributed by atoms with Crippen molar-refractivity contribution in [3.8, 4) is 10.9 Å². The molecule has 0 aromatic carbocycles. The summed E-state index contributed by atoms with van der Waals surface area (Å²) < 4.78 is 10.2. The van der Waals surface area contributed by atoms with Crippen molar-refractivity contribution in [1.82, 2.24) is 15.3 Å². The number of aromatic nitrogens is 2. The van der Waals surface area contributed by atoms with Gasteiger partial charge < -0.3 is 14.5 Å². The molecule has 0 bridgehead atoms. The van der Waals surface area contributed by atoms with Gasteiger partial charge in [-0.3, -0.25) is 0 Å². The number of amides is 1. The summed E-state index contributed by atoms with van der Waals surface area (Å²) in [6.07, 6.45) is 4.25. The maximum absolute atomic E-state index is 11.5. The Kier molecular flexibility index (Phi) is 3.84. The van der Waals surface area contributed by atoms with Gasteiger partial charge in [-0.05, 0) is 20.8 Å². The van der Waals surface area contributed by atoms with Crippen molar-refractivity contribution in [2.24, 2.45) is 0 Å². The van der Waals surface area contributed by atoms with Crippen LogP contribution < -0.4 is 5.32 Å². The van der Waals surface area contributed by atoms with E-state index in [1.807, 2.05) is 20.8 Å². The Morgan fingerprint density at radius 3 is 2.89 bits per heavy atom. The van der Waals surface area contributed by atoms with Crippen molar-refractivity contribution in [2.75, 3.05) is 0 Å². The first-order valence-electron chi connectivity index (χ1n) is 5.73. The highest BCUT2D eigenvalue weighted by Crippen LogP contribution is 2.23. The lowest BCUT2D eigenvalue weighted by Crippen LogP contribution is -2.40. The fraction of sp³-hybridized carbons (Fsp3) is 0.417. The largest absolute Gasteiger partial charge is 0.444 e. The van der Waals surface area contributed by atoms with Crippen LogP contribution in [0.2, 0.25) is 0 Å². The van der Waals surface area contributed by atoms with Crippen molar-refractivity contribution in [3.05, 3.63) is 23.5 Å². The maximum atomic E-state index is 11.5. The van der Waals surface area contributed by atoms with E-state index in [4.69, 9.17) is 9.15 Å². The third-order valence-electron chi connectivity index (χ3n) is 1.99.